The molecule has 0 amide bonds. The summed E-state index contributed by atoms with van der Waals surface area (Å²) in [5.41, 5.74) is 0.247. The molecule has 0 spiro atoms. The molecule has 2 heteroatoms. The Morgan fingerprint density at radius 3 is 2.27 bits per heavy atom. The van der Waals surface area contributed by atoms with Crippen molar-refractivity contribution < 1.29 is 5.11 Å². The average molecular weight is 211 g/mol. The number of nitrogens with zero attached hydrogens (tertiary/aromatic N) is 1. The Kier molecular flexibility index (Phi) is 3.68. The normalized spacial score (nSPS) is 26.6. The summed E-state index contributed by atoms with van der Waals surface area (Å²) in [4.78, 5) is 2.52. The summed E-state index contributed by atoms with van der Waals surface area (Å²) in [6, 6.07) is 0.800. The first-order chi connectivity index (χ1) is 7.26. The summed E-state index contributed by atoms with van der Waals surface area (Å²) < 4.78 is 0. The van der Waals surface area contributed by atoms with E-state index in [2.05, 4.69) is 11.9 Å². The molecule has 1 N–H and O–H groups in total. The molecule has 0 bridgehead atoms. The van der Waals surface area contributed by atoms with Gasteiger partial charge in [-0.1, -0.05) is 25.7 Å². The van der Waals surface area contributed by atoms with Crippen LogP contribution in [0.15, 0.2) is 0 Å². The van der Waals surface area contributed by atoms with Crippen molar-refractivity contribution in [1.29, 1.82) is 0 Å². The summed E-state index contributed by atoms with van der Waals surface area (Å²) >= 11 is 0. The van der Waals surface area contributed by atoms with E-state index in [4.69, 9.17) is 0 Å². The molecule has 0 unspecified atom stereocenters. The molecule has 2 saturated carbocycles. The maximum absolute atomic E-state index is 9.58. The molecule has 2 nitrogen and oxygen atoms in total. The second-order valence-electron chi connectivity index (χ2n) is 5.72. The van der Waals surface area contributed by atoms with Crippen LogP contribution in [-0.2, 0) is 0 Å². The van der Waals surface area contributed by atoms with E-state index < -0.39 is 0 Å². The van der Waals surface area contributed by atoms with Gasteiger partial charge in [0.05, 0.1) is 0 Å². The number of aliphatic hydroxyl groups excluding tert-OH is 1. The van der Waals surface area contributed by atoms with Crippen molar-refractivity contribution >= 4 is 0 Å². The highest BCUT2D eigenvalue weighted by atomic mass is 16.3. The highest BCUT2D eigenvalue weighted by Crippen LogP contribution is 2.39. The summed E-state index contributed by atoms with van der Waals surface area (Å²) in [6.07, 6.45) is 10.7. The van der Waals surface area contributed by atoms with Gasteiger partial charge < -0.3 is 10.0 Å². The zero-order valence-electron chi connectivity index (χ0n) is 10.0. The molecule has 2 rings (SSSR count). The molecule has 0 heterocycles. The van der Waals surface area contributed by atoms with E-state index in [1.807, 2.05) is 0 Å². The van der Waals surface area contributed by atoms with Crippen molar-refractivity contribution in [3.05, 3.63) is 0 Å². The van der Waals surface area contributed by atoms with E-state index in [1.165, 1.54) is 51.4 Å². The van der Waals surface area contributed by atoms with Crippen LogP contribution >= 0.6 is 0 Å². The van der Waals surface area contributed by atoms with Crippen molar-refractivity contribution in [3.63, 3.8) is 0 Å². The maximum Gasteiger partial charge on any atom is 0.0499 e. The summed E-state index contributed by atoms with van der Waals surface area (Å²) in [5.74, 6) is 0. The number of aliphatic hydroxyl groups is 1. The van der Waals surface area contributed by atoms with Gasteiger partial charge in [0.2, 0.25) is 0 Å². The monoisotopic (exact) mass is 211 g/mol. The van der Waals surface area contributed by atoms with E-state index in [9.17, 15) is 5.11 Å². The molecule has 0 aliphatic heterocycles. The predicted octanol–water partition coefficient (Wildman–Crippen LogP) is 2.41. The fourth-order valence-corrected chi connectivity index (χ4v) is 3.49. The molecule has 88 valence electrons. The van der Waals surface area contributed by atoms with Gasteiger partial charge in [-0.2, -0.15) is 0 Å². The van der Waals surface area contributed by atoms with Crippen LogP contribution in [0.3, 0.4) is 0 Å². The fourth-order valence-electron chi connectivity index (χ4n) is 3.49. The van der Waals surface area contributed by atoms with E-state index in [0.29, 0.717) is 6.61 Å². The SMILES string of the molecule is CN(CC1(CO)CCCC1)C1CCCC1. The average Bonchev–Trinajstić information content (AvgIpc) is 2.88. The first-order valence-corrected chi connectivity index (χ1v) is 6.57. The van der Waals surface area contributed by atoms with Gasteiger partial charge in [-0.25, -0.2) is 0 Å². The van der Waals surface area contributed by atoms with E-state index in [1.54, 1.807) is 0 Å². The van der Waals surface area contributed by atoms with Crippen LogP contribution in [0.1, 0.15) is 51.4 Å². The third-order valence-corrected chi connectivity index (χ3v) is 4.53. The Morgan fingerprint density at radius 1 is 1.13 bits per heavy atom. The van der Waals surface area contributed by atoms with Gasteiger partial charge >= 0.3 is 0 Å². The molecule has 2 aliphatic rings. The minimum Gasteiger partial charge on any atom is -0.396 e. The lowest BCUT2D eigenvalue weighted by Crippen LogP contribution is -2.40. The van der Waals surface area contributed by atoms with Gasteiger partial charge in [-0.05, 0) is 32.7 Å². The topological polar surface area (TPSA) is 23.5 Å². The molecular formula is C13H25NO. The second kappa shape index (κ2) is 4.84. The van der Waals surface area contributed by atoms with Crippen LogP contribution in [0.5, 0.6) is 0 Å². The molecule has 15 heavy (non-hydrogen) atoms. The summed E-state index contributed by atoms with van der Waals surface area (Å²) in [7, 11) is 2.26. The maximum atomic E-state index is 9.58. The second-order valence-corrected chi connectivity index (χ2v) is 5.72. The van der Waals surface area contributed by atoms with Gasteiger partial charge in [0.1, 0.15) is 0 Å². The van der Waals surface area contributed by atoms with E-state index in [0.717, 1.165) is 12.6 Å². The van der Waals surface area contributed by atoms with E-state index in [-0.39, 0.29) is 5.41 Å². The summed E-state index contributed by atoms with van der Waals surface area (Å²) in [6.45, 7) is 1.51. The molecule has 0 atom stereocenters. The van der Waals surface area contributed by atoms with Crippen molar-refractivity contribution in [3.8, 4) is 0 Å². The number of rotatable bonds is 4. The highest BCUT2D eigenvalue weighted by molar-refractivity contribution is 4.88. The summed E-state index contributed by atoms with van der Waals surface area (Å²) in [5, 5.41) is 9.58. The molecular weight excluding hydrogens is 186 g/mol. The van der Waals surface area contributed by atoms with Crippen molar-refractivity contribution in [1.82, 2.24) is 4.90 Å². The zero-order valence-corrected chi connectivity index (χ0v) is 10.0. The van der Waals surface area contributed by atoms with E-state index >= 15 is 0 Å². The van der Waals surface area contributed by atoms with Gasteiger partial charge in [0.25, 0.3) is 0 Å². The minimum absolute atomic E-state index is 0.247. The van der Waals surface area contributed by atoms with Gasteiger partial charge in [0, 0.05) is 24.6 Å². The van der Waals surface area contributed by atoms with Crippen molar-refractivity contribution in [2.45, 2.75) is 57.4 Å². The Hall–Kier alpha value is -0.0800. The quantitative estimate of drug-likeness (QED) is 0.772. The Morgan fingerprint density at radius 2 is 1.73 bits per heavy atom. The third kappa shape index (κ3) is 2.54. The number of hydrogen-bond acceptors (Lipinski definition) is 2. The van der Waals surface area contributed by atoms with Gasteiger partial charge in [-0.3, -0.25) is 0 Å². The molecule has 2 aliphatic carbocycles. The Balaban J connectivity index is 1.88. The minimum atomic E-state index is 0.247. The van der Waals surface area contributed by atoms with Crippen LogP contribution < -0.4 is 0 Å². The first kappa shape index (κ1) is 11.4. The van der Waals surface area contributed by atoms with Gasteiger partial charge in [-0.15, -0.1) is 0 Å². The van der Waals surface area contributed by atoms with Gasteiger partial charge in [0.15, 0.2) is 0 Å². The molecule has 0 aromatic heterocycles. The smallest absolute Gasteiger partial charge is 0.0499 e. The number of hydrogen-bond donors (Lipinski definition) is 1. The molecule has 2 fully saturated rings. The van der Waals surface area contributed by atoms with Crippen molar-refractivity contribution in [2.75, 3.05) is 20.2 Å². The lowest BCUT2D eigenvalue weighted by Gasteiger charge is -2.35. The van der Waals surface area contributed by atoms with Crippen LogP contribution in [0.2, 0.25) is 0 Å². The fraction of sp³-hybridized carbons (Fsp3) is 1.00. The predicted molar refractivity (Wildman–Crippen MR) is 62.9 cm³/mol. The van der Waals surface area contributed by atoms with Crippen LogP contribution in [0.25, 0.3) is 0 Å². The van der Waals surface area contributed by atoms with Crippen LogP contribution in [-0.4, -0.2) is 36.2 Å². The molecule has 0 aromatic rings. The van der Waals surface area contributed by atoms with Crippen molar-refractivity contribution in [2.24, 2.45) is 5.41 Å². The highest BCUT2D eigenvalue weighted by Gasteiger charge is 2.35. The largest absolute Gasteiger partial charge is 0.396 e. The third-order valence-electron chi connectivity index (χ3n) is 4.53. The zero-order chi connectivity index (χ0) is 10.7. The van der Waals surface area contributed by atoms with Crippen LogP contribution in [0.4, 0.5) is 0 Å². The molecule has 0 radical (unpaired) electrons. The van der Waals surface area contributed by atoms with Crippen LogP contribution in [0, 0.1) is 5.41 Å². The Bertz CT molecular complexity index is 193. The Labute approximate surface area is 93.7 Å². The molecule has 0 aromatic carbocycles. The lowest BCUT2D eigenvalue weighted by molar-refractivity contribution is 0.0725. The first-order valence-electron chi connectivity index (χ1n) is 6.57. The lowest BCUT2D eigenvalue weighted by atomic mass is 9.86. The standard InChI is InChI=1S/C13H25NO/c1-14(12-6-2-3-7-12)10-13(11-15)8-4-5-9-13/h12,15H,2-11H2,1H3. The molecule has 0 saturated heterocycles.